The third kappa shape index (κ3) is 2.29. The molecule has 0 radical (unpaired) electrons. The summed E-state index contributed by atoms with van der Waals surface area (Å²) in [6.45, 7) is 4.07. The number of carbonyl (C=O) groups excluding carboxylic acids is 1. The van der Waals surface area contributed by atoms with Crippen molar-refractivity contribution in [2.45, 2.75) is 31.8 Å². The smallest absolute Gasteiger partial charge is 0.122 e. The van der Waals surface area contributed by atoms with Gasteiger partial charge < -0.3 is 14.3 Å². The molecule has 0 N–H and O–H groups in total. The van der Waals surface area contributed by atoms with Gasteiger partial charge in [0.1, 0.15) is 6.29 Å². The molecule has 1 fully saturated rings. The van der Waals surface area contributed by atoms with E-state index in [1.54, 1.807) is 0 Å². The zero-order chi connectivity index (χ0) is 8.86. The zero-order valence-electron chi connectivity index (χ0n) is 7.54. The Morgan fingerprint density at radius 1 is 1.50 bits per heavy atom. The number of rotatable bonds is 4. The lowest BCUT2D eigenvalue weighted by Crippen LogP contribution is -2.39. The average Bonchev–Trinajstić information content (AvgIpc) is 2.07. The predicted molar refractivity (Wildman–Crippen MR) is 45.1 cm³/mol. The molecule has 1 aliphatic rings. The van der Waals surface area contributed by atoms with Gasteiger partial charge in [-0.15, -0.1) is 0 Å². The molecule has 0 saturated carbocycles. The Balaban J connectivity index is 2.49. The Morgan fingerprint density at radius 2 is 2.17 bits per heavy atom. The van der Waals surface area contributed by atoms with Crippen LogP contribution in [0.1, 0.15) is 26.2 Å². The van der Waals surface area contributed by atoms with Gasteiger partial charge in [0.15, 0.2) is 0 Å². The van der Waals surface area contributed by atoms with Crippen molar-refractivity contribution in [1.82, 2.24) is 0 Å². The maximum Gasteiger partial charge on any atom is 0.122 e. The highest BCUT2D eigenvalue weighted by atomic mass is 16.5. The number of ether oxygens (including phenoxy) is 2. The highest BCUT2D eigenvalue weighted by Crippen LogP contribution is 2.27. The summed E-state index contributed by atoms with van der Waals surface area (Å²) >= 11 is 0. The van der Waals surface area contributed by atoms with Gasteiger partial charge in [0, 0.05) is 39.1 Å². The van der Waals surface area contributed by atoms with E-state index in [1.807, 2.05) is 6.92 Å². The van der Waals surface area contributed by atoms with Crippen molar-refractivity contribution < 1.29 is 14.3 Å². The van der Waals surface area contributed by atoms with E-state index in [9.17, 15) is 4.79 Å². The molecule has 0 bridgehead atoms. The van der Waals surface area contributed by atoms with Crippen molar-refractivity contribution in [1.29, 1.82) is 0 Å². The summed E-state index contributed by atoms with van der Waals surface area (Å²) in [6.07, 6.45) is 3.14. The SMILES string of the molecule is CCOC1(CC=O)CCOCC1. The first-order chi connectivity index (χ1) is 5.83. The molecule has 1 aliphatic heterocycles. The van der Waals surface area contributed by atoms with Crippen LogP contribution in [0.5, 0.6) is 0 Å². The van der Waals surface area contributed by atoms with E-state index in [0.717, 1.165) is 19.1 Å². The van der Waals surface area contributed by atoms with E-state index in [-0.39, 0.29) is 5.60 Å². The molecular weight excluding hydrogens is 156 g/mol. The summed E-state index contributed by atoms with van der Waals surface area (Å²) in [5.74, 6) is 0. The fourth-order valence-corrected chi connectivity index (χ4v) is 1.61. The minimum absolute atomic E-state index is 0.214. The van der Waals surface area contributed by atoms with Crippen molar-refractivity contribution in [3.05, 3.63) is 0 Å². The minimum atomic E-state index is -0.214. The zero-order valence-corrected chi connectivity index (χ0v) is 7.54. The topological polar surface area (TPSA) is 35.5 Å². The number of carbonyl (C=O) groups is 1. The summed E-state index contributed by atoms with van der Waals surface area (Å²) in [5.41, 5.74) is -0.214. The first kappa shape index (κ1) is 9.68. The molecule has 0 unspecified atom stereocenters. The predicted octanol–water partition coefficient (Wildman–Crippen LogP) is 1.16. The van der Waals surface area contributed by atoms with Crippen LogP contribution in [0.4, 0.5) is 0 Å². The van der Waals surface area contributed by atoms with E-state index >= 15 is 0 Å². The molecule has 1 heterocycles. The normalized spacial score (nSPS) is 22.1. The number of aldehydes is 1. The molecule has 1 rings (SSSR count). The van der Waals surface area contributed by atoms with E-state index < -0.39 is 0 Å². The van der Waals surface area contributed by atoms with Gasteiger partial charge in [-0.2, -0.15) is 0 Å². The van der Waals surface area contributed by atoms with E-state index in [0.29, 0.717) is 26.2 Å². The fourth-order valence-electron chi connectivity index (χ4n) is 1.61. The van der Waals surface area contributed by atoms with Gasteiger partial charge in [0.2, 0.25) is 0 Å². The Labute approximate surface area is 73.0 Å². The quantitative estimate of drug-likeness (QED) is 0.597. The third-order valence-corrected chi connectivity index (χ3v) is 2.31. The van der Waals surface area contributed by atoms with Gasteiger partial charge in [-0.05, 0) is 6.92 Å². The van der Waals surface area contributed by atoms with Crippen molar-refractivity contribution >= 4 is 6.29 Å². The van der Waals surface area contributed by atoms with Crippen LogP contribution in [0.3, 0.4) is 0 Å². The largest absolute Gasteiger partial charge is 0.381 e. The molecule has 0 aliphatic carbocycles. The highest BCUT2D eigenvalue weighted by molar-refractivity contribution is 5.51. The second kappa shape index (κ2) is 4.58. The van der Waals surface area contributed by atoms with Crippen LogP contribution in [0.2, 0.25) is 0 Å². The molecule has 70 valence electrons. The van der Waals surface area contributed by atoms with Gasteiger partial charge in [-0.1, -0.05) is 0 Å². The molecule has 0 atom stereocenters. The third-order valence-electron chi connectivity index (χ3n) is 2.31. The standard InChI is InChI=1S/C9H16O3/c1-2-12-9(3-6-10)4-7-11-8-5-9/h6H,2-5,7-8H2,1H3. The molecule has 0 aromatic heterocycles. The van der Waals surface area contributed by atoms with Crippen LogP contribution < -0.4 is 0 Å². The van der Waals surface area contributed by atoms with Crippen LogP contribution in [0.15, 0.2) is 0 Å². The summed E-state index contributed by atoms with van der Waals surface area (Å²) < 4.78 is 10.8. The molecule has 0 spiro atoms. The summed E-state index contributed by atoms with van der Waals surface area (Å²) in [7, 11) is 0. The van der Waals surface area contributed by atoms with Crippen LogP contribution in [-0.2, 0) is 14.3 Å². The second-order valence-electron chi connectivity index (χ2n) is 3.10. The van der Waals surface area contributed by atoms with Crippen molar-refractivity contribution in [2.75, 3.05) is 19.8 Å². The van der Waals surface area contributed by atoms with Crippen molar-refractivity contribution in [3.63, 3.8) is 0 Å². The van der Waals surface area contributed by atoms with E-state index in [2.05, 4.69) is 0 Å². The minimum Gasteiger partial charge on any atom is -0.381 e. The van der Waals surface area contributed by atoms with Crippen LogP contribution in [0, 0.1) is 0 Å². The fraction of sp³-hybridized carbons (Fsp3) is 0.889. The molecule has 3 nitrogen and oxygen atoms in total. The molecule has 0 aromatic rings. The number of hydrogen-bond donors (Lipinski definition) is 0. The lowest BCUT2D eigenvalue weighted by Gasteiger charge is -2.35. The van der Waals surface area contributed by atoms with Crippen LogP contribution in [-0.4, -0.2) is 31.7 Å². The van der Waals surface area contributed by atoms with Crippen molar-refractivity contribution in [3.8, 4) is 0 Å². The van der Waals surface area contributed by atoms with Gasteiger partial charge in [0.25, 0.3) is 0 Å². The highest BCUT2D eigenvalue weighted by Gasteiger charge is 2.32. The van der Waals surface area contributed by atoms with Crippen molar-refractivity contribution in [2.24, 2.45) is 0 Å². The summed E-state index contributed by atoms with van der Waals surface area (Å²) in [5, 5.41) is 0. The van der Waals surface area contributed by atoms with Gasteiger partial charge in [-0.3, -0.25) is 0 Å². The summed E-state index contributed by atoms with van der Waals surface area (Å²) in [6, 6.07) is 0. The van der Waals surface area contributed by atoms with Crippen LogP contribution in [0.25, 0.3) is 0 Å². The number of hydrogen-bond acceptors (Lipinski definition) is 3. The first-order valence-electron chi connectivity index (χ1n) is 4.48. The van der Waals surface area contributed by atoms with E-state index in [1.165, 1.54) is 0 Å². The van der Waals surface area contributed by atoms with Gasteiger partial charge >= 0.3 is 0 Å². The molecule has 12 heavy (non-hydrogen) atoms. The van der Waals surface area contributed by atoms with Gasteiger partial charge in [0.05, 0.1) is 5.60 Å². The first-order valence-corrected chi connectivity index (χ1v) is 4.48. The molecule has 0 amide bonds. The Kier molecular flexibility index (Phi) is 3.69. The van der Waals surface area contributed by atoms with Crippen LogP contribution >= 0.6 is 0 Å². The molecule has 1 saturated heterocycles. The molecule has 0 aromatic carbocycles. The van der Waals surface area contributed by atoms with E-state index in [4.69, 9.17) is 9.47 Å². The lowest BCUT2D eigenvalue weighted by molar-refractivity contribution is -0.129. The Morgan fingerprint density at radius 3 is 2.67 bits per heavy atom. The monoisotopic (exact) mass is 172 g/mol. The average molecular weight is 172 g/mol. The Hall–Kier alpha value is -0.410. The Bertz CT molecular complexity index is 133. The molecule has 3 heteroatoms. The molecular formula is C9H16O3. The second-order valence-corrected chi connectivity index (χ2v) is 3.10. The maximum atomic E-state index is 10.4. The maximum absolute atomic E-state index is 10.4. The summed E-state index contributed by atoms with van der Waals surface area (Å²) in [4.78, 5) is 10.4. The van der Waals surface area contributed by atoms with Gasteiger partial charge in [-0.25, -0.2) is 0 Å². The lowest BCUT2D eigenvalue weighted by atomic mass is 9.91.